The van der Waals surface area contributed by atoms with Gasteiger partial charge in [0.1, 0.15) is 11.9 Å². The van der Waals surface area contributed by atoms with Crippen LogP contribution in [0.5, 0.6) is 0 Å². The number of pyridine rings is 1. The standard InChI is InChI=1S/C31H37N7O3/c1-21-29-34-28(22-9-3-2-4-10-22)35-38(29)18-17-36(31(41)24-19-23-11-5-6-12-25(23)32-20-24)15-8-14-27(39)37-16-7-13-26(37)30(40)33-21/h2-4,9-10,19-21,26H,5-8,11-18H2,1H3,(H,33,40)/t21-,26-/m0/s1. The first-order valence-electron chi connectivity index (χ1n) is 14.8. The summed E-state index contributed by atoms with van der Waals surface area (Å²) in [7, 11) is 0. The fourth-order valence-electron chi connectivity index (χ4n) is 6.24. The third-order valence-electron chi connectivity index (χ3n) is 8.46. The van der Waals surface area contributed by atoms with E-state index < -0.39 is 12.1 Å². The van der Waals surface area contributed by atoms with E-state index >= 15 is 0 Å². The monoisotopic (exact) mass is 555 g/mol. The van der Waals surface area contributed by atoms with E-state index in [2.05, 4.69) is 10.3 Å². The van der Waals surface area contributed by atoms with Crippen LogP contribution >= 0.6 is 0 Å². The van der Waals surface area contributed by atoms with Gasteiger partial charge in [-0.15, -0.1) is 0 Å². The van der Waals surface area contributed by atoms with Crippen molar-refractivity contribution in [2.45, 2.75) is 76.9 Å². The van der Waals surface area contributed by atoms with Gasteiger partial charge in [0.15, 0.2) is 5.82 Å². The van der Waals surface area contributed by atoms with E-state index in [9.17, 15) is 14.4 Å². The Balaban J connectivity index is 1.32. The Morgan fingerprint density at radius 2 is 1.78 bits per heavy atom. The molecule has 3 aliphatic rings. The van der Waals surface area contributed by atoms with Gasteiger partial charge >= 0.3 is 0 Å². The zero-order valence-electron chi connectivity index (χ0n) is 23.6. The number of nitrogens with zero attached hydrogens (tertiary/aromatic N) is 6. The number of hydrogen-bond acceptors (Lipinski definition) is 6. The molecule has 41 heavy (non-hydrogen) atoms. The number of aryl methyl sites for hydroxylation is 2. The average Bonchev–Trinajstić information content (AvgIpc) is 3.66. The molecule has 4 heterocycles. The zero-order chi connectivity index (χ0) is 28.3. The molecule has 10 nitrogen and oxygen atoms in total. The minimum absolute atomic E-state index is 0.0373. The lowest BCUT2D eigenvalue weighted by Gasteiger charge is -2.28. The minimum atomic E-state index is -0.489. The lowest BCUT2D eigenvalue weighted by molar-refractivity contribution is -0.138. The molecule has 214 valence electrons. The Morgan fingerprint density at radius 1 is 0.951 bits per heavy atom. The van der Waals surface area contributed by atoms with E-state index in [0.29, 0.717) is 56.2 Å². The third-order valence-corrected chi connectivity index (χ3v) is 8.46. The summed E-state index contributed by atoms with van der Waals surface area (Å²) in [5.41, 5.74) is 3.72. The quantitative estimate of drug-likeness (QED) is 0.519. The predicted octanol–water partition coefficient (Wildman–Crippen LogP) is 3.32. The van der Waals surface area contributed by atoms with Gasteiger partial charge < -0.3 is 15.1 Å². The highest BCUT2D eigenvalue weighted by atomic mass is 16.2. The predicted molar refractivity (Wildman–Crippen MR) is 153 cm³/mol. The molecule has 1 saturated heterocycles. The molecule has 0 radical (unpaired) electrons. The van der Waals surface area contributed by atoms with Gasteiger partial charge in [-0.2, -0.15) is 5.10 Å². The topological polar surface area (TPSA) is 113 Å². The molecule has 0 spiro atoms. The molecule has 2 aromatic heterocycles. The van der Waals surface area contributed by atoms with E-state index in [1.807, 2.05) is 52.9 Å². The van der Waals surface area contributed by atoms with Crippen molar-refractivity contribution < 1.29 is 14.4 Å². The molecule has 2 atom stereocenters. The molecule has 1 N–H and O–H groups in total. The van der Waals surface area contributed by atoms with Crippen molar-refractivity contribution in [3.8, 4) is 11.4 Å². The van der Waals surface area contributed by atoms with Crippen molar-refractivity contribution in [2.75, 3.05) is 19.6 Å². The van der Waals surface area contributed by atoms with Gasteiger partial charge in [-0.05, 0) is 63.5 Å². The lowest BCUT2D eigenvalue weighted by Crippen LogP contribution is -2.47. The molecule has 2 aliphatic heterocycles. The van der Waals surface area contributed by atoms with E-state index in [-0.39, 0.29) is 24.1 Å². The van der Waals surface area contributed by atoms with Gasteiger partial charge in [0, 0.05) is 43.5 Å². The van der Waals surface area contributed by atoms with Crippen molar-refractivity contribution in [2.24, 2.45) is 0 Å². The normalized spacial score (nSPS) is 21.9. The molecule has 1 aromatic carbocycles. The van der Waals surface area contributed by atoms with Gasteiger partial charge in [-0.3, -0.25) is 19.4 Å². The summed E-state index contributed by atoms with van der Waals surface area (Å²) >= 11 is 0. The molecule has 3 aromatic rings. The Hall–Kier alpha value is -4.08. The third kappa shape index (κ3) is 5.73. The van der Waals surface area contributed by atoms with E-state index in [0.717, 1.165) is 48.9 Å². The molecule has 1 aliphatic carbocycles. The molecular weight excluding hydrogens is 518 g/mol. The van der Waals surface area contributed by atoms with Gasteiger partial charge in [0.25, 0.3) is 5.91 Å². The second-order valence-corrected chi connectivity index (χ2v) is 11.3. The first kappa shape index (κ1) is 27.1. The van der Waals surface area contributed by atoms with Crippen LogP contribution in [0.2, 0.25) is 0 Å². The number of hydrogen-bond donors (Lipinski definition) is 1. The van der Waals surface area contributed by atoms with Crippen LogP contribution in [0.1, 0.15) is 78.9 Å². The molecular formula is C31H37N7O3. The number of carbonyl (C=O) groups excluding carboxylic acids is 3. The van der Waals surface area contributed by atoms with Crippen LogP contribution in [-0.4, -0.2) is 72.9 Å². The van der Waals surface area contributed by atoms with Crippen LogP contribution in [0.15, 0.2) is 42.6 Å². The first-order chi connectivity index (χ1) is 20.0. The van der Waals surface area contributed by atoms with E-state index in [4.69, 9.17) is 10.1 Å². The summed E-state index contributed by atoms with van der Waals surface area (Å²) in [4.78, 5) is 53.2. The van der Waals surface area contributed by atoms with Crippen LogP contribution < -0.4 is 5.32 Å². The van der Waals surface area contributed by atoms with E-state index in [1.165, 1.54) is 0 Å². The van der Waals surface area contributed by atoms with Crippen LogP contribution in [0.3, 0.4) is 0 Å². The number of benzene rings is 1. The maximum atomic E-state index is 13.8. The molecule has 3 amide bonds. The van der Waals surface area contributed by atoms with E-state index in [1.54, 1.807) is 11.1 Å². The molecule has 0 bridgehead atoms. The molecule has 6 rings (SSSR count). The van der Waals surface area contributed by atoms with Crippen molar-refractivity contribution in [1.29, 1.82) is 0 Å². The fraction of sp³-hybridized carbons (Fsp3) is 0.484. The van der Waals surface area contributed by atoms with Crippen molar-refractivity contribution >= 4 is 17.7 Å². The highest BCUT2D eigenvalue weighted by molar-refractivity contribution is 5.94. The Labute approximate surface area is 240 Å². The molecule has 0 saturated carbocycles. The summed E-state index contributed by atoms with van der Waals surface area (Å²) in [5.74, 6) is 0.905. The highest BCUT2D eigenvalue weighted by Gasteiger charge is 2.35. The Kier molecular flexibility index (Phi) is 7.80. The number of aromatic nitrogens is 4. The Bertz CT molecular complexity index is 1440. The summed E-state index contributed by atoms with van der Waals surface area (Å²) in [6, 6.07) is 10.8. The van der Waals surface area contributed by atoms with Crippen LogP contribution in [0.25, 0.3) is 11.4 Å². The molecule has 0 unspecified atom stereocenters. The van der Waals surface area contributed by atoms with Gasteiger partial charge in [-0.1, -0.05) is 30.3 Å². The van der Waals surface area contributed by atoms with Crippen LogP contribution in [0, 0.1) is 0 Å². The maximum absolute atomic E-state index is 13.8. The van der Waals surface area contributed by atoms with Crippen LogP contribution in [-0.2, 0) is 29.0 Å². The van der Waals surface area contributed by atoms with Gasteiger partial charge in [-0.25, -0.2) is 9.67 Å². The van der Waals surface area contributed by atoms with Gasteiger partial charge in [0.05, 0.1) is 18.2 Å². The highest BCUT2D eigenvalue weighted by Crippen LogP contribution is 2.24. The summed E-state index contributed by atoms with van der Waals surface area (Å²) in [6.45, 7) is 3.69. The molecule has 1 fully saturated rings. The molecule has 10 heteroatoms. The SMILES string of the molecule is C[C@@H]1NC(=O)[C@@H]2CCCN2C(=O)CCCN(C(=O)c2cnc3c(c2)CCCC3)CCn2nc(-c3ccccc3)nc21. The van der Waals surface area contributed by atoms with Crippen molar-refractivity contribution in [3.05, 3.63) is 65.2 Å². The second-order valence-electron chi connectivity index (χ2n) is 11.3. The number of nitrogens with one attached hydrogen (secondary N) is 1. The lowest BCUT2D eigenvalue weighted by atomic mass is 9.95. The van der Waals surface area contributed by atoms with Gasteiger partial charge in [0.2, 0.25) is 11.8 Å². The van der Waals surface area contributed by atoms with Crippen molar-refractivity contribution in [3.63, 3.8) is 0 Å². The minimum Gasteiger partial charge on any atom is -0.345 e. The summed E-state index contributed by atoms with van der Waals surface area (Å²) in [6.07, 6.45) is 8.10. The van der Waals surface area contributed by atoms with Crippen LogP contribution in [0.4, 0.5) is 0 Å². The number of rotatable bonds is 2. The van der Waals surface area contributed by atoms with Crippen molar-refractivity contribution in [1.82, 2.24) is 34.9 Å². The zero-order valence-corrected chi connectivity index (χ0v) is 23.6. The number of fused-ring (bicyclic) bond motifs is 3. The second kappa shape index (κ2) is 11.8. The number of carbonyl (C=O) groups is 3. The summed E-state index contributed by atoms with van der Waals surface area (Å²) in [5, 5.41) is 7.90. The summed E-state index contributed by atoms with van der Waals surface area (Å²) < 4.78 is 1.81. The first-order valence-corrected chi connectivity index (χ1v) is 14.8. The largest absolute Gasteiger partial charge is 0.345 e. The smallest absolute Gasteiger partial charge is 0.255 e. The fourth-order valence-corrected chi connectivity index (χ4v) is 6.24. The maximum Gasteiger partial charge on any atom is 0.255 e. The average molecular weight is 556 g/mol. The Morgan fingerprint density at radius 3 is 2.63 bits per heavy atom. The number of amides is 3.